The standard InChI is InChI=1S/C14H14F3N3O3/c15-9-2-1-6(11(18)21)3-7(9)14(12(16)17)8-4-22-5-10(8)23-13(19)20-14/h1-3,8,10,12H,4-5H2,(H2,18,21)(H2,19,20)/t8-,10+,14+/m0/s1. The number of halogens is 3. The third-order valence-electron chi connectivity index (χ3n) is 4.18. The second kappa shape index (κ2) is 5.41. The first-order chi connectivity index (χ1) is 10.9. The molecule has 3 rings (SSSR count). The number of hydrogen-bond acceptors (Lipinski definition) is 5. The van der Waals surface area contributed by atoms with Crippen molar-refractivity contribution in [2.24, 2.45) is 22.4 Å². The third-order valence-corrected chi connectivity index (χ3v) is 4.18. The maximum atomic E-state index is 14.3. The van der Waals surface area contributed by atoms with Gasteiger partial charge in [0.25, 0.3) is 12.4 Å². The van der Waals surface area contributed by atoms with E-state index in [0.29, 0.717) is 0 Å². The van der Waals surface area contributed by atoms with Gasteiger partial charge in [0.2, 0.25) is 5.91 Å². The Bertz CT molecular complexity index is 682. The van der Waals surface area contributed by atoms with Crippen LogP contribution in [0.15, 0.2) is 23.2 Å². The van der Waals surface area contributed by atoms with E-state index >= 15 is 0 Å². The zero-order chi connectivity index (χ0) is 16.8. The Morgan fingerprint density at radius 1 is 1.39 bits per heavy atom. The van der Waals surface area contributed by atoms with Gasteiger partial charge in [0, 0.05) is 11.1 Å². The molecule has 0 aromatic heterocycles. The number of aliphatic imine (C=N–C) groups is 1. The highest BCUT2D eigenvalue weighted by atomic mass is 19.3. The van der Waals surface area contributed by atoms with Crippen LogP contribution in [0, 0.1) is 11.7 Å². The molecular formula is C14H14F3N3O3. The number of primary amides is 1. The number of carbonyl (C=O) groups excluding carboxylic acids is 1. The number of hydrogen-bond donors (Lipinski definition) is 2. The molecule has 2 aliphatic heterocycles. The van der Waals surface area contributed by atoms with Crippen molar-refractivity contribution in [2.45, 2.75) is 18.1 Å². The van der Waals surface area contributed by atoms with E-state index in [0.717, 1.165) is 18.2 Å². The molecule has 124 valence electrons. The van der Waals surface area contributed by atoms with Gasteiger partial charge < -0.3 is 20.9 Å². The maximum absolute atomic E-state index is 14.3. The molecule has 1 saturated heterocycles. The molecule has 0 radical (unpaired) electrons. The van der Waals surface area contributed by atoms with Gasteiger partial charge in [-0.05, 0) is 18.2 Å². The zero-order valence-electron chi connectivity index (χ0n) is 11.8. The number of nitrogens with two attached hydrogens (primary N) is 2. The Kier molecular flexibility index (Phi) is 3.67. The van der Waals surface area contributed by atoms with Gasteiger partial charge in [0.1, 0.15) is 11.9 Å². The largest absolute Gasteiger partial charge is 0.459 e. The van der Waals surface area contributed by atoms with Gasteiger partial charge in [-0.25, -0.2) is 18.2 Å². The summed E-state index contributed by atoms with van der Waals surface area (Å²) in [5, 5.41) is 0. The van der Waals surface area contributed by atoms with Crippen LogP contribution < -0.4 is 11.5 Å². The summed E-state index contributed by atoms with van der Waals surface area (Å²) in [6.07, 6.45) is -3.85. The number of alkyl halides is 2. The van der Waals surface area contributed by atoms with E-state index in [1.54, 1.807) is 0 Å². The summed E-state index contributed by atoms with van der Waals surface area (Å²) in [6.45, 7) is -0.0431. The van der Waals surface area contributed by atoms with Gasteiger partial charge >= 0.3 is 0 Å². The molecule has 3 atom stereocenters. The van der Waals surface area contributed by atoms with Crippen molar-refractivity contribution in [2.75, 3.05) is 13.2 Å². The van der Waals surface area contributed by atoms with Crippen molar-refractivity contribution in [1.82, 2.24) is 0 Å². The number of carbonyl (C=O) groups is 1. The second-order valence-corrected chi connectivity index (χ2v) is 5.44. The van der Waals surface area contributed by atoms with E-state index in [4.69, 9.17) is 20.9 Å². The van der Waals surface area contributed by atoms with Crippen LogP contribution in [0.3, 0.4) is 0 Å². The lowest BCUT2D eigenvalue weighted by atomic mass is 9.75. The molecule has 9 heteroatoms. The quantitative estimate of drug-likeness (QED) is 0.854. The van der Waals surface area contributed by atoms with Gasteiger partial charge in [-0.2, -0.15) is 0 Å². The van der Waals surface area contributed by atoms with Gasteiger partial charge in [-0.15, -0.1) is 0 Å². The summed E-state index contributed by atoms with van der Waals surface area (Å²) >= 11 is 0. The zero-order valence-corrected chi connectivity index (χ0v) is 11.8. The van der Waals surface area contributed by atoms with Gasteiger partial charge in [-0.1, -0.05) is 0 Å². The van der Waals surface area contributed by atoms with Crippen LogP contribution in [0.2, 0.25) is 0 Å². The average molecular weight is 329 g/mol. The highest BCUT2D eigenvalue weighted by Crippen LogP contribution is 2.47. The number of benzene rings is 1. The normalized spacial score (nSPS) is 29.8. The first-order valence-corrected chi connectivity index (χ1v) is 6.84. The molecule has 2 heterocycles. The maximum Gasteiger partial charge on any atom is 0.283 e. The lowest BCUT2D eigenvalue weighted by Crippen LogP contribution is -2.52. The first kappa shape index (κ1) is 15.6. The van der Waals surface area contributed by atoms with Crippen molar-refractivity contribution < 1.29 is 27.4 Å². The minimum atomic E-state index is -3.09. The van der Waals surface area contributed by atoms with Gasteiger partial charge in [0.05, 0.1) is 19.1 Å². The summed E-state index contributed by atoms with van der Waals surface area (Å²) < 4.78 is 52.8. The number of rotatable bonds is 3. The highest BCUT2D eigenvalue weighted by Gasteiger charge is 2.58. The molecule has 0 unspecified atom stereocenters. The fraction of sp³-hybridized carbons (Fsp3) is 0.429. The smallest absolute Gasteiger partial charge is 0.283 e. The van der Waals surface area contributed by atoms with Crippen LogP contribution >= 0.6 is 0 Å². The molecule has 0 aliphatic carbocycles. The monoisotopic (exact) mass is 329 g/mol. The molecule has 1 aromatic carbocycles. The van der Waals surface area contributed by atoms with Crippen LogP contribution in [-0.2, 0) is 15.0 Å². The number of amides is 1. The van der Waals surface area contributed by atoms with E-state index in [-0.39, 0.29) is 18.8 Å². The van der Waals surface area contributed by atoms with E-state index in [1.807, 2.05) is 0 Å². The number of ether oxygens (including phenoxy) is 2. The lowest BCUT2D eigenvalue weighted by molar-refractivity contribution is -0.0306. The van der Waals surface area contributed by atoms with E-state index in [1.165, 1.54) is 0 Å². The van der Waals surface area contributed by atoms with E-state index in [9.17, 15) is 18.0 Å². The molecule has 6 nitrogen and oxygen atoms in total. The van der Waals surface area contributed by atoms with E-state index < -0.39 is 47.3 Å². The van der Waals surface area contributed by atoms with Crippen LogP contribution in [-0.4, -0.2) is 37.7 Å². The Labute approximate surface area is 129 Å². The fourth-order valence-electron chi connectivity index (χ4n) is 3.08. The predicted octanol–water partition coefficient (Wildman–Crippen LogP) is 0.745. The van der Waals surface area contributed by atoms with Crippen LogP contribution in [0.4, 0.5) is 13.2 Å². The summed E-state index contributed by atoms with van der Waals surface area (Å²) in [6, 6.07) is 2.54. The number of fused-ring (bicyclic) bond motifs is 1. The van der Waals surface area contributed by atoms with Crippen LogP contribution in [0.25, 0.3) is 0 Å². The van der Waals surface area contributed by atoms with Crippen molar-refractivity contribution in [3.8, 4) is 0 Å². The Balaban J connectivity index is 2.24. The molecule has 0 bridgehead atoms. The summed E-state index contributed by atoms with van der Waals surface area (Å²) in [5.74, 6) is -2.73. The third kappa shape index (κ3) is 2.31. The van der Waals surface area contributed by atoms with E-state index in [2.05, 4.69) is 4.99 Å². The molecule has 1 amide bonds. The Morgan fingerprint density at radius 3 is 2.78 bits per heavy atom. The Morgan fingerprint density at radius 2 is 2.13 bits per heavy atom. The molecule has 23 heavy (non-hydrogen) atoms. The van der Waals surface area contributed by atoms with Crippen molar-refractivity contribution in [3.05, 3.63) is 35.1 Å². The van der Waals surface area contributed by atoms with Gasteiger partial charge in [-0.3, -0.25) is 4.79 Å². The summed E-state index contributed by atoms with van der Waals surface area (Å²) in [5.41, 5.74) is 7.83. The fourth-order valence-corrected chi connectivity index (χ4v) is 3.08. The molecule has 2 aliphatic rings. The molecule has 1 aromatic rings. The molecule has 1 fully saturated rings. The summed E-state index contributed by atoms with van der Waals surface area (Å²) in [4.78, 5) is 15.1. The minimum absolute atomic E-state index is 0.0481. The molecule has 4 N–H and O–H groups in total. The van der Waals surface area contributed by atoms with Crippen molar-refractivity contribution in [3.63, 3.8) is 0 Å². The van der Waals surface area contributed by atoms with Crippen LogP contribution in [0.1, 0.15) is 15.9 Å². The Hall–Kier alpha value is -2.29. The molecule has 0 saturated carbocycles. The molecule has 0 spiro atoms. The lowest BCUT2D eigenvalue weighted by Gasteiger charge is -2.40. The first-order valence-electron chi connectivity index (χ1n) is 6.84. The topological polar surface area (TPSA) is 99.9 Å². The SMILES string of the molecule is NC(=O)c1ccc(F)c([C@@]2(C(F)F)N=C(N)O[C@@H]3COC[C@@H]32)c1. The average Bonchev–Trinajstić information content (AvgIpc) is 2.94. The van der Waals surface area contributed by atoms with Crippen LogP contribution in [0.5, 0.6) is 0 Å². The number of amidine groups is 1. The van der Waals surface area contributed by atoms with Crippen molar-refractivity contribution in [1.29, 1.82) is 0 Å². The summed E-state index contributed by atoms with van der Waals surface area (Å²) in [7, 11) is 0. The minimum Gasteiger partial charge on any atom is -0.459 e. The molecular weight excluding hydrogens is 315 g/mol. The van der Waals surface area contributed by atoms with Gasteiger partial charge in [0.15, 0.2) is 5.54 Å². The predicted molar refractivity (Wildman–Crippen MR) is 73.4 cm³/mol. The highest BCUT2D eigenvalue weighted by molar-refractivity contribution is 5.93. The number of nitrogens with zero attached hydrogens (tertiary/aromatic N) is 1. The second-order valence-electron chi connectivity index (χ2n) is 5.44. The van der Waals surface area contributed by atoms with Crippen molar-refractivity contribution >= 4 is 11.9 Å².